The average molecular weight is 433 g/mol. The van der Waals surface area contributed by atoms with Crippen molar-refractivity contribution in [1.82, 2.24) is 20.3 Å². The van der Waals surface area contributed by atoms with E-state index in [2.05, 4.69) is 25.6 Å². The van der Waals surface area contributed by atoms with Gasteiger partial charge in [-0.1, -0.05) is 11.6 Å². The van der Waals surface area contributed by atoms with E-state index >= 15 is 0 Å². The number of hydrogen-bond donors (Lipinski definition) is 3. The van der Waals surface area contributed by atoms with Crippen LogP contribution in [0.15, 0.2) is 24.7 Å². The maximum Gasteiger partial charge on any atom is 0.232 e. The lowest BCUT2D eigenvalue weighted by Crippen LogP contribution is -2.49. The Labute approximate surface area is 181 Å². The quantitative estimate of drug-likeness (QED) is 0.639. The molecule has 0 radical (unpaired) electrons. The Bertz CT molecular complexity index is 838. The second kappa shape index (κ2) is 9.87. The molecule has 4 rings (SSSR count). The Kier molecular flexibility index (Phi) is 6.99. The maximum atomic E-state index is 6.43. The third-order valence-electron chi connectivity index (χ3n) is 5.67. The van der Waals surface area contributed by atoms with Gasteiger partial charge in [-0.05, 0) is 51.3 Å². The third-order valence-corrected chi connectivity index (χ3v) is 5.97. The Hall–Kier alpha value is -2.00. The first-order valence-electron chi connectivity index (χ1n) is 10.6. The SMILES string of the molecule is NC1(COc2cncc(-c3cc(NC4CCCNCC4)ncc3Cl)n2)CCOCC1. The number of nitrogens with two attached hydrogens (primary N) is 1. The standard InChI is InChI=1S/C21H29ClN6O2/c22-17-11-26-19(27-15-2-1-6-24-7-3-15)10-16(17)18-12-25-13-20(28-18)30-14-21(23)4-8-29-9-5-21/h10-13,15,24H,1-9,14,23H2,(H,26,27). The molecule has 1 unspecified atom stereocenters. The van der Waals surface area contributed by atoms with Gasteiger partial charge in [-0.3, -0.25) is 4.98 Å². The van der Waals surface area contributed by atoms with Crippen LogP contribution >= 0.6 is 11.6 Å². The fourth-order valence-corrected chi connectivity index (χ4v) is 3.97. The van der Waals surface area contributed by atoms with Crippen molar-refractivity contribution in [3.8, 4) is 17.1 Å². The number of pyridine rings is 1. The van der Waals surface area contributed by atoms with E-state index in [1.54, 1.807) is 18.6 Å². The molecule has 9 heteroatoms. The van der Waals surface area contributed by atoms with Crippen LogP contribution in [0.1, 0.15) is 32.1 Å². The number of nitrogens with zero attached hydrogens (tertiary/aromatic N) is 3. The molecule has 8 nitrogen and oxygen atoms in total. The van der Waals surface area contributed by atoms with E-state index in [4.69, 9.17) is 26.8 Å². The summed E-state index contributed by atoms with van der Waals surface area (Å²) < 4.78 is 11.3. The number of halogens is 1. The number of anilines is 1. The normalized spacial score (nSPS) is 21.6. The van der Waals surface area contributed by atoms with Crippen LogP contribution in [0.4, 0.5) is 5.82 Å². The Morgan fingerprint density at radius 2 is 2.10 bits per heavy atom. The largest absolute Gasteiger partial charge is 0.475 e. The van der Waals surface area contributed by atoms with Gasteiger partial charge < -0.3 is 25.8 Å². The van der Waals surface area contributed by atoms with Crippen molar-refractivity contribution in [2.75, 3.05) is 38.2 Å². The van der Waals surface area contributed by atoms with Crippen LogP contribution in [0, 0.1) is 0 Å². The van der Waals surface area contributed by atoms with E-state index in [0.29, 0.717) is 42.5 Å². The molecule has 4 heterocycles. The first kappa shape index (κ1) is 21.2. The van der Waals surface area contributed by atoms with Gasteiger partial charge in [0.25, 0.3) is 0 Å². The molecule has 0 bridgehead atoms. The zero-order valence-corrected chi connectivity index (χ0v) is 17.8. The van der Waals surface area contributed by atoms with Gasteiger partial charge in [-0.15, -0.1) is 0 Å². The summed E-state index contributed by atoms with van der Waals surface area (Å²) in [5.41, 5.74) is 7.42. The van der Waals surface area contributed by atoms with E-state index in [0.717, 1.165) is 56.6 Å². The molecule has 30 heavy (non-hydrogen) atoms. The third kappa shape index (κ3) is 5.57. The summed E-state index contributed by atoms with van der Waals surface area (Å²) in [6.45, 7) is 3.77. The molecule has 2 aromatic rings. The Morgan fingerprint density at radius 1 is 1.23 bits per heavy atom. The van der Waals surface area contributed by atoms with Crippen molar-refractivity contribution in [3.05, 3.63) is 29.7 Å². The summed E-state index contributed by atoms with van der Waals surface area (Å²) in [7, 11) is 0. The lowest BCUT2D eigenvalue weighted by atomic mass is 9.92. The number of aromatic nitrogens is 3. The topological polar surface area (TPSA) is 107 Å². The molecule has 2 aliphatic rings. The minimum Gasteiger partial charge on any atom is -0.475 e. The summed E-state index contributed by atoms with van der Waals surface area (Å²) in [5, 5.41) is 7.48. The van der Waals surface area contributed by atoms with Gasteiger partial charge in [0.2, 0.25) is 5.88 Å². The number of hydrogen-bond acceptors (Lipinski definition) is 8. The van der Waals surface area contributed by atoms with E-state index in [-0.39, 0.29) is 0 Å². The van der Waals surface area contributed by atoms with Crippen molar-refractivity contribution in [1.29, 1.82) is 0 Å². The molecule has 0 aliphatic carbocycles. The second-order valence-electron chi connectivity index (χ2n) is 8.08. The van der Waals surface area contributed by atoms with Crippen LogP contribution in [-0.4, -0.2) is 59.4 Å². The maximum absolute atomic E-state index is 6.43. The van der Waals surface area contributed by atoms with Crippen LogP contribution in [0.3, 0.4) is 0 Å². The zero-order chi connectivity index (χ0) is 20.8. The fourth-order valence-electron chi connectivity index (χ4n) is 3.77. The molecule has 0 saturated carbocycles. The van der Waals surface area contributed by atoms with Crippen LogP contribution in [0.25, 0.3) is 11.3 Å². The van der Waals surface area contributed by atoms with Crippen LogP contribution in [-0.2, 0) is 4.74 Å². The molecule has 2 aromatic heterocycles. The molecule has 2 saturated heterocycles. The minimum atomic E-state index is -0.394. The van der Waals surface area contributed by atoms with E-state index in [9.17, 15) is 0 Å². The monoisotopic (exact) mass is 432 g/mol. The van der Waals surface area contributed by atoms with Crippen LogP contribution in [0.5, 0.6) is 5.88 Å². The first-order chi connectivity index (χ1) is 14.6. The second-order valence-corrected chi connectivity index (χ2v) is 8.48. The number of ether oxygens (including phenoxy) is 2. The van der Waals surface area contributed by atoms with E-state index in [1.165, 1.54) is 0 Å². The van der Waals surface area contributed by atoms with Gasteiger partial charge in [0.1, 0.15) is 12.4 Å². The van der Waals surface area contributed by atoms with Gasteiger partial charge in [0.05, 0.1) is 28.6 Å². The summed E-state index contributed by atoms with van der Waals surface area (Å²) in [5.74, 6) is 1.22. The highest BCUT2D eigenvalue weighted by atomic mass is 35.5. The fraction of sp³-hybridized carbons (Fsp3) is 0.571. The van der Waals surface area contributed by atoms with Crippen LogP contribution < -0.4 is 21.1 Å². The van der Waals surface area contributed by atoms with Crippen molar-refractivity contribution < 1.29 is 9.47 Å². The molecule has 162 valence electrons. The highest BCUT2D eigenvalue weighted by molar-refractivity contribution is 6.33. The van der Waals surface area contributed by atoms with Crippen molar-refractivity contribution >= 4 is 17.4 Å². The molecular formula is C21H29ClN6O2. The summed E-state index contributed by atoms with van der Waals surface area (Å²) >= 11 is 6.43. The smallest absolute Gasteiger partial charge is 0.232 e. The summed E-state index contributed by atoms with van der Waals surface area (Å²) in [6, 6.07) is 2.32. The van der Waals surface area contributed by atoms with Gasteiger partial charge in [0.15, 0.2) is 0 Å². The van der Waals surface area contributed by atoms with Crippen molar-refractivity contribution in [2.45, 2.75) is 43.7 Å². The zero-order valence-electron chi connectivity index (χ0n) is 17.1. The van der Waals surface area contributed by atoms with Gasteiger partial charge >= 0.3 is 0 Å². The molecule has 2 fully saturated rings. The molecule has 4 N–H and O–H groups in total. The number of rotatable bonds is 6. The highest BCUT2D eigenvalue weighted by Crippen LogP contribution is 2.29. The predicted octanol–water partition coefficient (Wildman–Crippen LogP) is 2.63. The number of nitrogens with one attached hydrogen (secondary N) is 2. The Balaban J connectivity index is 1.47. The van der Waals surface area contributed by atoms with E-state index < -0.39 is 5.54 Å². The van der Waals surface area contributed by atoms with Crippen LogP contribution in [0.2, 0.25) is 5.02 Å². The van der Waals surface area contributed by atoms with Gasteiger partial charge in [-0.2, -0.15) is 0 Å². The lowest BCUT2D eigenvalue weighted by molar-refractivity contribution is 0.0335. The first-order valence-corrected chi connectivity index (χ1v) is 10.9. The molecule has 0 spiro atoms. The minimum absolute atomic E-state index is 0.376. The molecule has 2 aliphatic heterocycles. The van der Waals surface area contributed by atoms with Gasteiger partial charge in [-0.25, -0.2) is 9.97 Å². The summed E-state index contributed by atoms with van der Waals surface area (Å²) in [6.07, 6.45) is 9.79. The molecule has 1 atom stereocenters. The molecule has 0 aromatic carbocycles. The lowest BCUT2D eigenvalue weighted by Gasteiger charge is -2.32. The predicted molar refractivity (Wildman–Crippen MR) is 117 cm³/mol. The highest BCUT2D eigenvalue weighted by Gasteiger charge is 2.29. The Morgan fingerprint density at radius 3 is 2.97 bits per heavy atom. The van der Waals surface area contributed by atoms with E-state index in [1.807, 2.05) is 6.07 Å². The summed E-state index contributed by atoms with van der Waals surface area (Å²) in [4.78, 5) is 13.3. The van der Waals surface area contributed by atoms with Gasteiger partial charge in [0, 0.05) is 31.0 Å². The van der Waals surface area contributed by atoms with Crippen molar-refractivity contribution in [2.24, 2.45) is 5.73 Å². The average Bonchev–Trinajstić information content (AvgIpc) is 3.03. The van der Waals surface area contributed by atoms with Crippen molar-refractivity contribution in [3.63, 3.8) is 0 Å². The molecular weight excluding hydrogens is 404 g/mol. The molecule has 0 amide bonds.